The van der Waals surface area contributed by atoms with Crippen molar-refractivity contribution >= 4 is 53.2 Å². The van der Waals surface area contributed by atoms with Crippen LogP contribution in [0.25, 0.3) is 0 Å². The summed E-state index contributed by atoms with van der Waals surface area (Å²) >= 11 is 8.07. The first-order chi connectivity index (χ1) is 9.39. The van der Waals surface area contributed by atoms with Crippen molar-refractivity contribution in [2.75, 3.05) is 13.1 Å². The molecular formula is C12H16Br2N2O2S2. The van der Waals surface area contributed by atoms with Crippen LogP contribution >= 0.6 is 43.2 Å². The number of nitrogens with two attached hydrogens (primary N) is 1. The zero-order valence-electron chi connectivity index (χ0n) is 10.8. The minimum atomic E-state index is -3.42. The quantitative estimate of drug-likeness (QED) is 0.763. The largest absolute Gasteiger partial charge is 0.327 e. The van der Waals surface area contributed by atoms with Crippen LogP contribution in [-0.4, -0.2) is 31.9 Å². The summed E-state index contributed by atoms with van der Waals surface area (Å²) in [4.78, 5) is 0.363. The highest BCUT2D eigenvalue weighted by molar-refractivity contribution is 9.12. The summed E-state index contributed by atoms with van der Waals surface area (Å²) < 4.78 is 28.6. The van der Waals surface area contributed by atoms with Crippen LogP contribution in [0, 0.1) is 11.8 Å². The molecular weight excluding hydrogens is 428 g/mol. The summed E-state index contributed by atoms with van der Waals surface area (Å²) in [6, 6.07) is 1.82. The van der Waals surface area contributed by atoms with Crippen LogP contribution in [0.1, 0.15) is 19.3 Å². The molecule has 0 spiro atoms. The van der Waals surface area contributed by atoms with Crippen molar-refractivity contribution in [1.29, 1.82) is 0 Å². The lowest BCUT2D eigenvalue weighted by molar-refractivity contribution is 0.260. The molecule has 0 aromatic carbocycles. The van der Waals surface area contributed by atoms with Crippen LogP contribution in [-0.2, 0) is 10.0 Å². The SMILES string of the molecule is NC1CCCC2CN(S(=O)(=O)c3cc(Br)sc3Br)CC12. The maximum Gasteiger partial charge on any atom is 0.245 e. The molecule has 1 aromatic heterocycles. The van der Waals surface area contributed by atoms with Gasteiger partial charge in [0.25, 0.3) is 0 Å². The Morgan fingerprint density at radius 1 is 1.30 bits per heavy atom. The molecule has 3 unspecified atom stereocenters. The molecule has 1 aromatic rings. The standard InChI is InChI=1S/C12H16Br2N2O2S2/c13-11-4-10(12(14)19-11)20(17,18)16-5-7-2-1-3-9(15)8(7)6-16/h4,7-9H,1-3,5-6,15H2. The summed E-state index contributed by atoms with van der Waals surface area (Å²) in [5, 5.41) is 0. The molecule has 4 nitrogen and oxygen atoms in total. The van der Waals surface area contributed by atoms with E-state index < -0.39 is 10.0 Å². The fraction of sp³-hybridized carbons (Fsp3) is 0.667. The zero-order chi connectivity index (χ0) is 14.5. The number of thiophene rings is 1. The van der Waals surface area contributed by atoms with Crippen molar-refractivity contribution in [2.45, 2.75) is 30.2 Å². The number of sulfonamides is 1. The number of nitrogens with zero attached hydrogens (tertiary/aromatic N) is 1. The van der Waals surface area contributed by atoms with E-state index in [1.807, 2.05) is 0 Å². The highest BCUT2D eigenvalue weighted by Gasteiger charge is 2.43. The van der Waals surface area contributed by atoms with Gasteiger partial charge in [-0.3, -0.25) is 0 Å². The maximum absolute atomic E-state index is 12.8. The van der Waals surface area contributed by atoms with Gasteiger partial charge in [-0.05, 0) is 62.6 Å². The Bertz CT molecular complexity index is 617. The van der Waals surface area contributed by atoms with Crippen molar-refractivity contribution in [3.63, 3.8) is 0 Å². The van der Waals surface area contributed by atoms with E-state index in [1.54, 1.807) is 10.4 Å². The molecule has 2 fully saturated rings. The molecule has 1 aliphatic carbocycles. The van der Waals surface area contributed by atoms with Gasteiger partial charge in [-0.2, -0.15) is 4.31 Å². The molecule has 3 rings (SSSR count). The van der Waals surface area contributed by atoms with Crippen LogP contribution in [0.2, 0.25) is 0 Å². The second kappa shape index (κ2) is 5.62. The molecule has 2 aliphatic rings. The Kier molecular flexibility index (Phi) is 4.34. The van der Waals surface area contributed by atoms with E-state index in [4.69, 9.17) is 5.73 Å². The molecule has 1 saturated carbocycles. The second-order valence-corrected chi connectivity index (χ2v) is 11.2. The van der Waals surface area contributed by atoms with Gasteiger partial charge in [0.2, 0.25) is 10.0 Å². The minimum absolute atomic E-state index is 0.145. The second-order valence-electron chi connectivity index (χ2n) is 5.53. The van der Waals surface area contributed by atoms with E-state index in [9.17, 15) is 8.42 Å². The topological polar surface area (TPSA) is 63.4 Å². The highest BCUT2D eigenvalue weighted by atomic mass is 79.9. The van der Waals surface area contributed by atoms with Gasteiger partial charge in [0.15, 0.2) is 0 Å². The third-order valence-corrected chi connectivity index (χ3v) is 8.95. The van der Waals surface area contributed by atoms with Crippen LogP contribution in [0.5, 0.6) is 0 Å². The average Bonchev–Trinajstić information content (AvgIpc) is 2.94. The van der Waals surface area contributed by atoms with Gasteiger partial charge in [-0.25, -0.2) is 8.42 Å². The number of halogens is 2. The lowest BCUT2D eigenvalue weighted by Gasteiger charge is -2.29. The first kappa shape index (κ1) is 15.4. The summed E-state index contributed by atoms with van der Waals surface area (Å²) in [5.74, 6) is 0.744. The van der Waals surface area contributed by atoms with Gasteiger partial charge in [-0.15, -0.1) is 11.3 Å². The van der Waals surface area contributed by atoms with Gasteiger partial charge < -0.3 is 5.73 Å². The Labute approximate surface area is 140 Å². The molecule has 8 heteroatoms. The van der Waals surface area contributed by atoms with Gasteiger partial charge in [0.1, 0.15) is 4.90 Å². The van der Waals surface area contributed by atoms with E-state index in [2.05, 4.69) is 31.9 Å². The first-order valence-electron chi connectivity index (χ1n) is 6.60. The smallest absolute Gasteiger partial charge is 0.245 e. The van der Waals surface area contributed by atoms with Crippen LogP contribution in [0.15, 0.2) is 18.5 Å². The van der Waals surface area contributed by atoms with E-state index >= 15 is 0 Å². The third kappa shape index (κ3) is 2.63. The fourth-order valence-electron chi connectivity index (χ4n) is 3.31. The normalized spacial score (nSPS) is 31.4. The minimum Gasteiger partial charge on any atom is -0.327 e. The number of hydrogen-bond acceptors (Lipinski definition) is 4. The van der Waals surface area contributed by atoms with Crippen molar-refractivity contribution in [2.24, 2.45) is 17.6 Å². The lowest BCUT2D eigenvalue weighted by atomic mass is 9.78. The fourth-order valence-corrected chi connectivity index (χ4v) is 8.61. The molecule has 0 radical (unpaired) electrons. The third-order valence-electron chi connectivity index (χ3n) is 4.36. The molecule has 2 N–H and O–H groups in total. The predicted octanol–water partition coefficient (Wildman–Crippen LogP) is 3.02. The van der Waals surface area contributed by atoms with E-state index in [0.717, 1.165) is 23.0 Å². The summed E-state index contributed by atoms with van der Waals surface area (Å²) in [6.07, 6.45) is 3.23. The van der Waals surface area contributed by atoms with Crippen molar-refractivity contribution in [1.82, 2.24) is 4.31 Å². The molecule has 0 amide bonds. The number of hydrogen-bond donors (Lipinski definition) is 1. The Morgan fingerprint density at radius 3 is 2.65 bits per heavy atom. The number of rotatable bonds is 2. The van der Waals surface area contributed by atoms with E-state index in [0.29, 0.717) is 33.6 Å². The van der Waals surface area contributed by atoms with Crippen molar-refractivity contribution in [3.8, 4) is 0 Å². The molecule has 0 bridgehead atoms. The molecule has 112 valence electrons. The van der Waals surface area contributed by atoms with Crippen molar-refractivity contribution in [3.05, 3.63) is 13.6 Å². The van der Waals surface area contributed by atoms with Gasteiger partial charge in [0.05, 0.1) is 7.57 Å². The molecule has 2 heterocycles. The van der Waals surface area contributed by atoms with Gasteiger partial charge in [-0.1, -0.05) is 6.42 Å². The van der Waals surface area contributed by atoms with Crippen LogP contribution in [0.3, 0.4) is 0 Å². The summed E-state index contributed by atoms with van der Waals surface area (Å²) in [5.41, 5.74) is 6.16. The van der Waals surface area contributed by atoms with Gasteiger partial charge >= 0.3 is 0 Å². The Balaban J connectivity index is 1.88. The Morgan fingerprint density at radius 2 is 2.05 bits per heavy atom. The average molecular weight is 444 g/mol. The first-order valence-corrected chi connectivity index (χ1v) is 10.4. The van der Waals surface area contributed by atoms with E-state index in [-0.39, 0.29) is 6.04 Å². The summed E-state index contributed by atoms with van der Waals surface area (Å²) in [7, 11) is -3.42. The molecule has 1 aliphatic heterocycles. The van der Waals surface area contributed by atoms with Crippen LogP contribution in [0.4, 0.5) is 0 Å². The lowest BCUT2D eigenvalue weighted by Crippen LogP contribution is -2.38. The number of fused-ring (bicyclic) bond motifs is 1. The van der Waals surface area contributed by atoms with Crippen molar-refractivity contribution < 1.29 is 8.42 Å². The maximum atomic E-state index is 12.8. The molecule has 1 saturated heterocycles. The predicted molar refractivity (Wildman–Crippen MR) is 87.3 cm³/mol. The van der Waals surface area contributed by atoms with Gasteiger partial charge in [0, 0.05) is 19.1 Å². The van der Waals surface area contributed by atoms with Crippen LogP contribution < -0.4 is 5.73 Å². The zero-order valence-corrected chi connectivity index (χ0v) is 15.6. The molecule has 3 atom stereocenters. The monoisotopic (exact) mass is 442 g/mol. The molecule has 20 heavy (non-hydrogen) atoms. The summed E-state index contributed by atoms with van der Waals surface area (Å²) in [6.45, 7) is 1.18. The Hall–Kier alpha value is 0.530. The van der Waals surface area contributed by atoms with E-state index in [1.165, 1.54) is 11.3 Å². The highest BCUT2D eigenvalue weighted by Crippen LogP contribution is 2.41.